The van der Waals surface area contributed by atoms with Gasteiger partial charge in [0.15, 0.2) is 0 Å². The summed E-state index contributed by atoms with van der Waals surface area (Å²) in [6, 6.07) is 10.9. The van der Waals surface area contributed by atoms with Gasteiger partial charge in [-0.3, -0.25) is 10.1 Å². The first-order valence-corrected chi connectivity index (χ1v) is 6.33. The first-order chi connectivity index (χ1) is 9.51. The van der Waals surface area contributed by atoms with Gasteiger partial charge in [0.25, 0.3) is 5.69 Å². The normalized spacial score (nSPS) is 10.3. The van der Waals surface area contributed by atoms with Crippen molar-refractivity contribution < 1.29 is 4.92 Å². The van der Waals surface area contributed by atoms with Crippen LogP contribution >= 0.6 is 0 Å². The third kappa shape index (κ3) is 2.95. The molecule has 0 aromatic heterocycles. The molecule has 0 amide bonds. The zero-order valence-electron chi connectivity index (χ0n) is 11.5. The van der Waals surface area contributed by atoms with Gasteiger partial charge in [-0.1, -0.05) is 23.8 Å². The summed E-state index contributed by atoms with van der Waals surface area (Å²) in [6.45, 7) is 4.26. The molecule has 2 rings (SSSR count). The predicted octanol–water partition coefficient (Wildman–Crippen LogP) is 3.41. The lowest BCUT2D eigenvalue weighted by atomic mass is 10.1. The summed E-state index contributed by atoms with van der Waals surface area (Å²) in [5, 5.41) is 14.3. The van der Waals surface area contributed by atoms with Gasteiger partial charge in [0, 0.05) is 18.3 Å². The molecule has 0 radical (unpaired) electrons. The van der Waals surface area contributed by atoms with Gasteiger partial charge in [0.2, 0.25) is 0 Å². The quantitative estimate of drug-likeness (QED) is 0.659. The van der Waals surface area contributed by atoms with E-state index in [1.807, 2.05) is 32.0 Å². The van der Waals surface area contributed by atoms with Crippen LogP contribution in [0.2, 0.25) is 0 Å². The summed E-state index contributed by atoms with van der Waals surface area (Å²) < 4.78 is 0. The number of benzene rings is 2. The summed E-state index contributed by atoms with van der Waals surface area (Å²) in [6.07, 6.45) is 0. The zero-order chi connectivity index (χ0) is 14.7. The molecule has 0 unspecified atom stereocenters. The number of hydrogen-bond donors (Lipinski definition) is 2. The summed E-state index contributed by atoms with van der Waals surface area (Å²) >= 11 is 0. The Kier molecular flexibility index (Phi) is 4.00. The van der Waals surface area contributed by atoms with Crippen molar-refractivity contribution in [2.24, 2.45) is 5.73 Å². The molecule has 3 N–H and O–H groups in total. The van der Waals surface area contributed by atoms with Crippen LogP contribution in [-0.2, 0) is 6.54 Å². The Morgan fingerprint density at radius 2 is 1.85 bits per heavy atom. The average molecular weight is 271 g/mol. The van der Waals surface area contributed by atoms with Gasteiger partial charge in [-0.15, -0.1) is 0 Å². The fourth-order valence-electron chi connectivity index (χ4n) is 2.06. The van der Waals surface area contributed by atoms with Gasteiger partial charge in [-0.25, -0.2) is 0 Å². The van der Waals surface area contributed by atoms with Crippen LogP contribution in [0.4, 0.5) is 17.1 Å². The van der Waals surface area contributed by atoms with E-state index in [-0.39, 0.29) is 12.2 Å². The highest BCUT2D eigenvalue weighted by Gasteiger charge is 2.15. The Morgan fingerprint density at radius 1 is 1.15 bits per heavy atom. The van der Waals surface area contributed by atoms with Gasteiger partial charge in [0.1, 0.15) is 5.69 Å². The minimum absolute atomic E-state index is 0.0351. The molecule has 2 aromatic carbocycles. The van der Waals surface area contributed by atoms with E-state index in [0.29, 0.717) is 5.69 Å². The fourth-order valence-corrected chi connectivity index (χ4v) is 2.06. The van der Waals surface area contributed by atoms with Crippen LogP contribution in [0.15, 0.2) is 36.4 Å². The number of nitrogens with zero attached hydrogens (tertiary/aromatic N) is 1. The Balaban J connectivity index is 2.40. The molecule has 0 aliphatic heterocycles. The minimum atomic E-state index is -0.398. The van der Waals surface area contributed by atoms with E-state index >= 15 is 0 Å². The number of hydrogen-bond acceptors (Lipinski definition) is 4. The van der Waals surface area contributed by atoms with Crippen molar-refractivity contribution in [1.82, 2.24) is 0 Å². The molecular formula is C15H17N3O2. The van der Waals surface area contributed by atoms with Crippen molar-refractivity contribution in [1.29, 1.82) is 0 Å². The van der Waals surface area contributed by atoms with Gasteiger partial charge >= 0.3 is 0 Å². The molecule has 0 saturated heterocycles. The second-order valence-electron chi connectivity index (χ2n) is 4.76. The highest BCUT2D eigenvalue weighted by Crippen LogP contribution is 2.30. The van der Waals surface area contributed by atoms with Crippen molar-refractivity contribution in [3.8, 4) is 0 Å². The molecule has 104 valence electrons. The lowest BCUT2D eigenvalue weighted by Crippen LogP contribution is -2.02. The monoisotopic (exact) mass is 271 g/mol. The highest BCUT2D eigenvalue weighted by molar-refractivity contribution is 5.71. The molecule has 0 atom stereocenters. The van der Waals surface area contributed by atoms with Crippen molar-refractivity contribution in [3.63, 3.8) is 0 Å². The summed E-state index contributed by atoms with van der Waals surface area (Å²) in [7, 11) is 0. The van der Waals surface area contributed by atoms with Crippen LogP contribution in [0.5, 0.6) is 0 Å². The maximum atomic E-state index is 11.1. The maximum Gasteiger partial charge on any atom is 0.292 e. The summed E-state index contributed by atoms with van der Waals surface area (Å²) in [4.78, 5) is 10.7. The van der Waals surface area contributed by atoms with E-state index < -0.39 is 4.92 Å². The van der Waals surface area contributed by atoms with Gasteiger partial charge in [-0.05, 0) is 37.1 Å². The third-order valence-electron chi connectivity index (χ3n) is 3.15. The third-order valence-corrected chi connectivity index (χ3v) is 3.15. The van der Waals surface area contributed by atoms with E-state index in [1.54, 1.807) is 12.1 Å². The predicted molar refractivity (Wildman–Crippen MR) is 80.2 cm³/mol. The van der Waals surface area contributed by atoms with Gasteiger partial charge in [-0.2, -0.15) is 0 Å². The minimum Gasteiger partial charge on any atom is -0.350 e. The lowest BCUT2D eigenvalue weighted by molar-refractivity contribution is -0.384. The van der Waals surface area contributed by atoms with Gasteiger partial charge < -0.3 is 11.1 Å². The molecule has 2 aromatic rings. The van der Waals surface area contributed by atoms with Crippen LogP contribution in [0, 0.1) is 24.0 Å². The van der Waals surface area contributed by atoms with E-state index in [1.165, 1.54) is 6.07 Å². The van der Waals surface area contributed by atoms with Crippen molar-refractivity contribution in [3.05, 3.63) is 63.2 Å². The Morgan fingerprint density at radius 3 is 2.45 bits per heavy atom. The molecule has 0 bridgehead atoms. The number of nitro groups is 1. The first kappa shape index (κ1) is 14.0. The van der Waals surface area contributed by atoms with Crippen molar-refractivity contribution >= 4 is 17.1 Å². The van der Waals surface area contributed by atoms with E-state index in [4.69, 9.17) is 5.73 Å². The van der Waals surface area contributed by atoms with Crippen LogP contribution in [0.1, 0.15) is 16.7 Å². The van der Waals surface area contributed by atoms with Gasteiger partial charge in [0.05, 0.1) is 4.92 Å². The molecule has 0 aliphatic rings. The SMILES string of the molecule is Cc1ccc(Nc2ccc(CN)cc2[N+](=O)[O-])c(C)c1. The van der Waals surface area contributed by atoms with E-state index in [2.05, 4.69) is 5.32 Å². The molecule has 20 heavy (non-hydrogen) atoms. The first-order valence-electron chi connectivity index (χ1n) is 6.33. The largest absolute Gasteiger partial charge is 0.350 e. The number of nitro benzene ring substituents is 1. The Labute approximate surface area is 117 Å². The molecular weight excluding hydrogens is 254 g/mol. The molecule has 0 aliphatic carbocycles. The zero-order valence-corrected chi connectivity index (χ0v) is 11.5. The van der Waals surface area contributed by atoms with Crippen LogP contribution in [-0.4, -0.2) is 4.92 Å². The van der Waals surface area contributed by atoms with Crippen LogP contribution < -0.4 is 11.1 Å². The van der Waals surface area contributed by atoms with Crippen molar-refractivity contribution in [2.75, 3.05) is 5.32 Å². The Bertz CT molecular complexity index is 654. The summed E-state index contributed by atoms with van der Waals surface area (Å²) in [5.41, 5.74) is 9.82. The fraction of sp³-hybridized carbons (Fsp3) is 0.200. The lowest BCUT2D eigenvalue weighted by Gasteiger charge is -2.11. The topological polar surface area (TPSA) is 81.2 Å². The van der Waals surface area contributed by atoms with E-state index in [9.17, 15) is 10.1 Å². The smallest absolute Gasteiger partial charge is 0.292 e. The number of nitrogens with one attached hydrogen (secondary N) is 1. The number of aryl methyl sites for hydroxylation is 2. The standard InChI is InChI=1S/C15H17N3O2/c1-10-3-5-13(11(2)7-10)17-14-6-4-12(9-16)8-15(14)18(19)20/h3-8,17H,9,16H2,1-2H3. The molecule has 0 spiro atoms. The number of nitrogens with two attached hydrogens (primary N) is 1. The van der Waals surface area contributed by atoms with Crippen LogP contribution in [0.25, 0.3) is 0 Å². The second kappa shape index (κ2) is 5.71. The molecule has 0 heterocycles. The molecule has 5 heteroatoms. The maximum absolute atomic E-state index is 11.1. The molecule has 0 fully saturated rings. The molecule has 5 nitrogen and oxygen atoms in total. The Hall–Kier alpha value is -2.40. The number of anilines is 2. The van der Waals surface area contributed by atoms with Crippen LogP contribution in [0.3, 0.4) is 0 Å². The van der Waals surface area contributed by atoms with E-state index in [0.717, 1.165) is 22.4 Å². The summed E-state index contributed by atoms with van der Waals surface area (Å²) in [5.74, 6) is 0. The second-order valence-corrected chi connectivity index (χ2v) is 4.76. The van der Waals surface area contributed by atoms with Crippen molar-refractivity contribution in [2.45, 2.75) is 20.4 Å². The highest BCUT2D eigenvalue weighted by atomic mass is 16.6. The average Bonchev–Trinajstić information content (AvgIpc) is 2.42. The number of rotatable bonds is 4. The molecule has 0 saturated carbocycles.